The topological polar surface area (TPSA) is 80.5 Å². The molecule has 0 saturated heterocycles. The number of H-pyrrole nitrogens is 1. The number of hydrogen-bond acceptors (Lipinski definition) is 6. The van der Waals surface area contributed by atoms with Gasteiger partial charge in [0.25, 0.3) is 0 Å². The Balaban J connectivity index is 1.59. The summed E-state index contributed by atoms with van der Waals surface area (Å²) in [6.07, 6.45) is 4.89. The normalized spacial score (nSPS) is 12.6. The number of thioether (sulfide) groups is 1. The van der Waals surface area contributed by atoms with Crippen molar-refractivity contribution in [3.8, 4) is 11.3 Å². The first-order valence-corrected chi connectivity index (χ1v) is 8.01. The summed E-state index contributed by atoms with van der Waals surface area (Å²) in [4.78, 5) is 20.1. The Labute approximate surface area is 136 Å². The van der Waals surface area contributed by atoms with Crippen LogP contribution in [-0.2, 0) is 0 Å². The second-order valence-electron chi connectivity index (χ2n) is 4.97. The summed E-state index contributed by atoms with van der Waals surface area (Å²) in [5.74, 6) is 1.43. The predicted molar refractivity (Wildman–Crippen MR) is 87.9 cm³/mol. The van der Waals surface area contributed by atoms with Crippen LogP contribution in [0.25, 0.3) is 22.5 Å². The van der Waals surface area contributed by atoms with Crippen LogP contribution in [0.1, 0.15) is 18.1 Å². The van der Waals surface area contributed by atoms with Gasteiger partial charge < -0.3 is 9.40 Å². The van der Waals surface area contributed by atoms with Crippen LogP contribution in [-0.4, -0.2) is 24.9 Å². The number of rotatable bonds is 4. The fourth-order valence-corrected chi connectivity index (χ4v) is 3.18. The van der Waals surface area contributed by atoms with Gasteiger partial charge >= 0.3 is 0 Å². The minimum absolute atomic E-state index is 0.0221. The van der Waals surface area contributed by atoms with Crippen molar-refractivity contribution in [2.45, 2.75) is 17.2 Å². The molecule has 3 heterocycles. The van der Waals surface area contributed by atoms with E-state index in [1.807, 2.05) is 37.3 Å². The lowest BCUT2D eigenvalue weighted by Crippen LogP contribution is -1.92. The van der Waals surface area contributed by atoms with Crippen LogP contribution in [0.4, 0.5) is 0 Å². The van der Waals surface area contributed by atoms with E-state index in [2.05, 4.69) is 24.9 Å². The first-order valence-electron chi connectivity index (χ1n) is 7.13. The molecule has 3 aromatic heterocycles. The molecule has 4 rings (SSSR count). The third kappa shape index (κ3) is 2.70. The molecular weight excluding hydrogens is 310 g/mol. The summed E-state index contributed by atoms with van der Waals surface area (Å²) >= 11 is 1.56. The number of imidazole rings is 1. The molecule has 1 atom stereocenters. The molecule has 0 aliphatic carbocycles. The number of nitrogens with zero attached hydrogens (tertiary/aromatic N) is 4. The van der Waals surface area contributed by atoms with Crippen molar-refractivity contribution >= 4 is 22.9 Å². The van der Waals surface area contributed by atoms with Crippen molar-refractivity contribution in [1.82, 2.24) is 24.9 Å². The van der Waals surface area contributed by atoms with E-state index >= 15 is 0 Å². The van der Waals surface area contributed by atoms with Gasteiger partial charge in [0.2, 0.25) is 5.89 Å². The molecule has 0 spiro atoms. The molecule has 0 aliphatic heterocycles. The van der Waals surface area contributed by atoms with E-state index in [9.17, 15) is 0 Å². The molecule has 0 saturated carbocycles. The van der Waals surface area contributed by atoms with Gasteiger partial charge in [-0.2, -0.15) is 0 Å². The van der Waals surface area contributed by atoms with Crippen LogP contribution < -0.4 is 0 Å². The minimum atomic E-state index is 0.0221. The van der Waals surface area contributed by atoms with Gasteiger partial charge in [-0.3, -0.25) is 0 Å². The number of aromatic amines is 1. The average molecular weight is 323 g/mol. The Morgan fingerprint density at radius 3 is 2.83 bits per heavy atom. The highest BCUT2D eigenvalue weighted by atomic mass is 32.2. The number of oxazole rings is 1. The van der Waals surface area contributed by atoms with E-state index in [1.54, 1.807) is 24.3 Å². The zero-order valence-electron chi connectivity index (χ0n) is 12.3. The molecule has 4 aromatic rings. The van der Waals surface area contributed by atoms with Crippen LogP contribution in [0, 0.1) is 0 Å². The fraction of sp³-hybridized carbons (Fsp3) is 0.125. The molecule has 1 unspecified atom stereocenters. The van der Waals surface area contributed by atoms with Crippen LogP contribution in [0.15, 0.2) is 58.6 Å². The summed E-state index contributed by atoms with van der Waals surface area (Å²) in [7, 11) is 0. The van der Waals surface area contributed by atoms with E-state index in [0.717, 1.165) is 21.9 Å². The van der Waals surface area contributed by atoms with Gasteiger partial charge in [0.05, 0.1) is 17.8 Å². The molecule has 114 valence electrons. The zero-order valence-corrected chi connectivity index (χ0v) is 13.1. The van der Waals surface area contributed by atoms with E-state index in [0.29, 0.717) is 11.5 Å². The number of hydrogen-bond donors (Lipinski definition) is 1. The Kier molecular flexibility index (Phi) is 3.55. The fourth-order valence-electron chi connectivity index (χ4n) is 2.26. The molecule has 0 bridgehead atoms. The number of benzene rings is 1. The molecule has 0 amide bonds. The molecule has 6 nitrogen and oxygen atoms in total. The van der Waals surface area contributed by atoms with Gasteiger partial charge in [0, 0.05) is 5.56 Å². The van der Waals surface area contributed by atoms with Crippen molar-refractivity contribution in [2.75, 3.05) is 0 Å². The van der Waals surface area contributed by atoms with E-state index in [4.69, 9.17) is 4.42 Å². The van der Waals surface area contributed by atoms with Gasteiger partial charge in [-0.05, 0) is 6.92 Å². The highest BCUT2D eigenvalue weighted by molar-refractivity contribution is 7.99. The third-order valence-electron chi connectivity index (χ3n) is 3.41. The molecule has 0 aliphatic rings. The van der Waals surface area contributed by atoms with Gasteiger partial charge in [0.1, 0.15) is 16.9 Å². The summed E-state index contributed by atoms with van der Waals surface area (Å²) < 4.78 is 5.90. The molecule has 0 radical (unpaired) electrons. The van der Waals surface area contributed by atoms with Crippen molar-refractivity contribution in [2.24, 2.45) is 0 Å². The Morgan fingerprint density at radius 2 is 1.96 bits per heavy atom. The predicted octanol–water partition coefficient (Wildman–Crippen LogP) is 3.86. The van der Waals surface area contributed by atoms with Gasteiger partial charge in [0.15, 0.2) is 11.4 Å². The number of fused-ring (bicyclic) bond motifs is 1. The Bertz CT molecular complexity index is 934. The lowest BCUT2D eigenvalue weighted by molar-refractivity contribution is 0.510. The van der Waals surface area contributed by atoms with Crippen molar-refractivity contribution < 1.29 is 4.42 Å². The van der Waals surface area contributed by atoms with Gasteiger partial charge in [-0.15, -0.1) is 0 Å². The smallest absolute Gasteiger partial charge is 0.208 e. The Morgan fingerprint density at radius 1 is 1.09 bits per heavy atom. The lowest BCUT2D eigenvalue weighted by atomic mass is 10.2. The molecular formula is C16H13N5OS. The first-order chi connectivity index (χ1) is 11.3. The van der Waals surface area contributed by atoms with E-state index in [-0.39, 0.29) is 5.25 Å². The largest absolute Gasteiger partial charge is 0.440 e. The van der Waals surface area contributed by atoms with Crippen molar-refractivity contribution in [3.63, 3.8) is 0 Å². The van der Waals surface area contributed by atoms with E-state index < -0.39 is 0 Å². The van der Waals surface area contributed by atoms with Crippen molar-refractivity contribution in [1.29, 1.82) is 0 Å². The summed E-state index contributed by atoms with van der Waals surface area (Å²) in [5.41, 5.74) is 2.51. The maximum atomic E-state index is 5.90. The third-order valence-corrected chi connectivity index (χ3v) is 4.49. The van der Waals surface area contributed by atoms with Crippen LogP contribution >= 0.6 is 11.8 Å². The molecule has 0 fully saturated rings. The summed E-state index contributed by atoms with van der Waals surface area (Å²) in [6.45, 7) is 2.04. The highest BCUT2D eigenvalue weighted by Crippen LogP contribution is 2.36. The monoisotopic (exact) mass is 323 g/mol. The number of nitrogens with one attached hydrogen (secondary N) is 1. The number of aromatic nitrogens is 5. The molecule has 7 heteroatoms. The maximum absolute atomic E-state index is 5.90. The molecule has 1 N–H and O–H groups in total. The van der Waals surface area contributed by atoms with Crippen LogP contribution in [0.5, 0.6) is 0 Å². The van der Waals surface area contributed by atoms with Gasteiger partial charge in [-0.1, -0.05) is 42.1 Å². The van der Waals surface area contributed by atoms with Crippen molar-refractivity contribution in [3.05, 3.63) is 55.1 Å². The molecule has 23 heavy (non-hydrogen) atoms. The van der Waals surface area contributed by atoms with Crippen LogP contribution in [0.2, 0.25) is 0 Å². The van der Waals surface area contributed by atoms with Gasteiger partial charge in [-0.25, -0.2) is 19.9 Å². The SMILES string of the molecule is CC(Sc1ncnc2nc[nH]c12)c1ncc(-c2ccccc2)o1. The standard InChI is InChI=1S/C16H13N5OS/c1-10(23-16-13-14(19-8-18-13)20-9-21-16)15-17-7-12(22-15)11-5-3-2-4-6-11/h2-10H,1H3,(H,18,19,20,21). The molecule has 1 aromatic carbocycles. The van der Waals surface area contributed by atoms with E-state index in [1.165, 1.54) is 6.33 Å². The second kappa shape index (κ2) is 5.85. The average Bonchev–Trinajstić information content (AvgIpc) is 3.25. The maximum Gasteiger partial charge on any atom is 0.208 e. The first kappa shape index (κ1) is 14.0. The lowest BCUT2D eigenvalue weighted by Gasteiger charge is -2.06. The summed E-state index contributed by atoms with van der Waals surface area (Å²) in [6, 6.07) is 9.93. The van der Waals surface area contributed by atoms with Crippen LogP contribution in [0.3, 0.4) is 0 Å². The highest BCUT2D eigenvalue weighted by Gasteiger charge is 2.17. The summed E-state index contributed by atoms with van der Waals surface area (Å²) in [5, 5.41) is 0.855. The minimum Gasteiger partial charge on any atom is -0.440 e. The Hall–Kier alpha value is -2.67. The second-order valence-corrected chi connectivity index (χ2v) is 6.30. The zero-order chi connectivity index (χ0) is 15.6. The quantitative estimate of drug-likeness (QED) is 0.454.